The van der Waals surface area contributed by atoms with Crippen LogP contribution in [0.2, 0.25) is 0 Å². The highest BCUT2D eigenvalue weighted by Gasteiger charge is 2.36. The van der Waals surface area contributed by atoms with Crippen LogP contribution in [-0.2, 0) is 11.3 Å². The molecule has 1 aliphatic rings. The van der Waals surface area contributed by atoms with Gasteiger partial charge in [-0.25, -0.2) is 4.90 Å². The van der Waals surface area contributed by atoms with Gasteiger partial charge in [-0.05, 0) is 74.5 Å². The summed E-state index contributed by atoms with van der Waals surface area (Å²) in [6.07, 6.45) is 0. The van der Waals surface area contributed by atoms with Gasteiger partial charge in [-0.3, -0.25) is 19.2 Å². The lowest BCUT2D eigenvalue weighted by Crippen LogP contribution is -2.29. The third-order valence-corrected chi connectivity index (χ3v) is 7.09. The van der Waals surface area contributed by atoms with Crippen molar-refractivity contribution < 1.29 is 19.2 Å². The molecule has 3 amide bonds. The van der Waals surface area contributed by atoms with Crippen LogP contribution in [0.1, 0.15) is 44.9 Å². The lowest BCUT2D eigenvalue weighted by atomic mass is 10.1. The SMILES string of the molecule is CCn1c(SCC(=O)Nc2ccc(C(C)=O)cc2)nnc1-c1ccc(N2C(=O)c3ccccc3C2=O)cc1. The molecule has 0 saturated carbocycles. The number of thioether (sulfide) groups is 1. The van der Waals surface area contributed by atoms with E-state index in [1.54, 1.807) is 72.8 Å². The number of amides is 3. The van der Waals surface area contributed by atoms with E-state index < -0.39 is 0 Å². The Labute approximate surface area is 222 Å². The summed E-state index contributed by atoms with van der Waals surface area (Å²) in [4.78, 5) is 50.6. The van der Waals surface area contributed by atoms with Crippen molar-refractivity contribution >= 4 is 46.6 Å². The van der Waals surface area contributed by atoms with Crippen molar-refractivity contribution in [2.45, 2.75) is 25.5 Å². The van der Waals surface area contributed by atoms with Crippen LogP contribution in [0.4, 0.5) is 11.4 Å². The Morgan fingerprint density at radius 3 is 2.08 bits per heavy atom. The van der Waals surface area contributed by atoms with Gasteiger partial charge in [0.05, 0.1) is 22.6 Å². The van der Waals surface area contributed by atoms with E-state index in [2.05, 4.69) is 15.5 Å². The van der Waals surface area contributed by atoms with Gasteiger partial charge < -0.3 is 9.88 Å². The second-order valence-corrected chi connectivity index (χ2v) is 9.50. The van der Waals surface area contributed by atoms with E-state index in [1.807, 2.05) is 11.5 Å². The third-order valence-electron chi connectivity index (χ3n) is 6.12. The summed E-state index contributed by atoms with van der Waals surface area (Å²) < 4.78 is 1.90. The molecule has 0 aliphatic carbocycles. The number of carbonyl (C=O) groups excluding carboxylic acids is 4. The number of nitrogens with one attached hydrogen (secondary N) is 1. The molecule has 0 atom stereocenters. The minimum absolute atomic E-state index is 0.0358. The lowest BCUT2D eigenvalue weighted by molar-refractivity contribution is -0.113. The second kappa shape index (κ2) is 10.4. The summed E-state index contributed by atoms with van der Waals surface area (Å²) in [5, 5.41) is 12.0. The molecule has 3 aromatic carbocycles. The number of fused-ring (bicyclic) bond motifs is 1. The number of hydrogen-bond acceptors (Lipinski definition) is 7. The van der Waals surface area contributed by atoms with Crippen LogP contribution in [0, 0.1) is 0 Å². The van der Waals surface area contributed by atoms with Gasteiger partial charge in [0.25, 0.3) is 11.8 Å². The highest BCUT2D eigenvalue weighted by atomic mass is 32.2. The zero-order valence-corrected chi connectivity index (χ0v) is 21.5. The van der Waals surface area contributed by atoms with Crippen LogP contribution < -0.4 is 10.2 Å². The summed E-state index contributed by atoms with van der Waals surface area (Å²) in [7, 11) is 0. The van der Waals surface area contributed by atoms with Crippen molar-refractivity contribution in [1.29, 1.82) is 0 Å². The number of aromatic nitrogens is 3. The molecule has 0 unspecified atom stereocenters. The fourth-order valence-electron chi connectivity index (χ4n) is 4.19. The van der Waals surface area contributed by atoms with E-state index in [0.717, 1.165) is 5.56 Å². The molecule has 38 heavy (non-hydrogen) atoms. The standard InChI is InChI=1S/C28H23N5O4S/c1-3-32-25(30-31-28(32)38-16-24(35)29-20-12-8-18(9-13-20)17(2)34)19-10-14-21(15-11-19)33-26(36)22-6-4-5-7-23(22)27(33)37/h4-15H,3,16H2,1-2H3,(H,29,35). The van der Waals surface area contributed by atoms with Gasteiger partial charge in [-0.2, -0.15) is 0 Å². The first-order valence-corrected chi connectivity index (χ1v) is 12.9. The van der Waals surface area contributed by atoms with Crippen LogP contribution in [0.3, 0.4) is 0 Å². The van der Waals surface area contributed by atoms with Crippen LogP contribution in [0.25, 0.3) is 11.4 Å². The molecule has 5 rings (SSSR count). The first kappa shape index (κ1) is 25.1. The molecule has 10 heteroatoms. The molecule has 4 aromatic rings. The number of Topliss-reactive ketones (excluding diaryl/α,β-unsaturated/α-hetero) is 1. The minimum atomic E-state index is -0.346. The number of rotatable bonds is 8. The third kappa shape index (κ3) is 4.73. The maximum absolute atomic E-state index is 12.8. The number of imide groups is 1. The van der Waals surface area contributed by atoms with Crippen LogP contribution in [-0.4, -0.2) is 44.0 Å². The predicted molar refractivity (Wildman–Crippen MR) is 145 cm³/mol. The van der Waals surface area contributed by atoms with Gasteiger partial charge in [-0.15, -0.1) is 10.2 Å². The number of carbonyl (C=O) groups is 4. The van der Waals surface area contributed by atoms with Crippen molar-refractivity contribution in [3.05, 3.63) is 89.5 Å². The van der Waals surface area contributed by atoms with Gasteiger partial charge in [0.1, 0.15) is 0 Å². The monoisotopic (exact) mass is 525 g/mol. The second-order valence-electron chi connectivity index (χ2n) is 8.56. The van der Waals surface area contributed by atoms with Gasteiger partial charge in [0.15, 0.2) is 16.8 Å². The molecular formula is C28H23N5O4S. The predicted octanol–water partition coefficient (Wildman–Crippen LogP) is 4.70. The summed E-state index contributed by atoms with van der Waals surface area (Å²) in [6, 6.07) is 20.5. The van der Waals surface area contributed by atoms with Crippen molar-refractivity contribution in [1.82, 2.24) is 14.8 Å². The first-order valence-electron chi connectivity index (χ1n) is 11.9. The quantitative estimate of drug-likeness (QED) is 0.201. The van der Waals surface area contributed by atoms with Gasteiger partial charge in [-0.1, -0.05) is 23.9 Å². The average Bonchev–Trinajstić information content (AvgIpc) is 3.46. The topological polar surface area (TPSA) is 114 Å². The van der Waals surface area contributed by atoms with E-state index in [4.69, 9.17) is 0 Å². The Kier molecular flexibility index (Phi) is 6.89. The smallest absolute Gasteiger partial charge is 0.266 e. The molecule has 1 aliphatic heterocycles. The van der Waals surface area contributed by atoms with Crippen LogP contribution in [0.5, 0.6) is 0 Å². The van der Waals surface area contributed by atoms with E-state index in [9.17, 15) is 19.2 Å². The Bertz CT molecular complexity index is 1530. The van der Waals surface area contributed by atoms with Gasteiger partial charge in [0.2, 0.25) is 5.91 Å². The van der Waals surface area contributed by atoms with E-state index >= 15 is 0 Å². The molecule has 0 fully saturated rings. The molecule has 0 radical (unpaired) electrons. The molecule has 0 saturated heterocycles. The molecule has 2 heterocycles. The maximum Gasteiger partial charge on any atom is 0.266 e. The first-order chi connectivity index (χ1) is 18.4. The van der Waals surface area contributed by atoms with Gasteiger partial charge in [0, 0.05) is 23.4 Å². The number of anilines is 2. The van der Waals surface area contributed by atoms with E-state index in [1.165, 1.54) is 23.6 Å². The fraction of sp³-hybridized carbons (Fsp3) is 0.143. The Morgan fingerprint density at radius 2 is 1.50 bits per heavy atom. The van der Waals surface area contributed by atoms with Crippen molar-refractivity contribution in [3.63, 3.8) is 0 Å². The molecule has 0 bridgehead atoms. The number of hydrogen-bond donors (Lipinski definition) is 1. The highest BCUT2D eigenvalue weighted by Crippen LogP contribution is 2.31. The normalized spacial score (nSPS) is 12.5. The Balaban J connectivity index is 1.27. The summed E-state index contributed by atoms with van der Waals surface area (Å²) >= 11 is 1.27. The van der Waals surface area contributed by atoms with E-state index in [0.29, 0.717) is 45.6 Å². The zero-order chi connectivity index (χ0) is 26.8. The number of benzene rings is 3. The van der Waals surface area contributed by atoms with E-state index in [-0.39, 0.29) is 29.3 Å². The Morgan fingerprint density at radius 1 is 0.868 bits per heavy atom. The maximum atomic E-state index is 12.8. The number of ketones is 1. The summed E-state index contributed by atoms with van der Waals surface area (Å²) in [5.41, 5.74) is 3.22. The zero-order valence-electron chi connectivity index (χ0n) is 20.7. The number of nitrogens with zero attached hydrogens (tertiary/aromatic N) is 4. The highest BCUT2D eigenvalue weighted by molar-refractivity contribution is 7.99. The fourth-order valence-corrected chi connectivity index (χ4v) is 5.00. The molecule has 0 spiro atoms. The summed E-state index contributed by atoms with van der Waals surface area (Å²) in [5.74, 6) is -0.187. The minimum Gasteiger partial charge on any atom is -0.325 e. The van der Waals surface area contributed by atoms with Crippen LogP contribution >= 0.6 is 11.8 Å². The van der Waals surface area contributed by atoms with Crippen molar-refractivity contribution in [2.75, 3.05) is 16.0 Å². The molecule has 9 nitrogen and oxygen atoms in total. The lowest BCUT2D eigenvalue weighted by Gasteiger charge is -2.14. The van der Waals surface area contributed by atoms with Crippen molar-refractivity contribution in [2.24, 2.45) is 0 Å². The molecule has 1 N–H and O–H groups in total. The summed E-state index contributed by atoms with van der Waals surface area (Å²) in [6.45, 7) is 4.03. The average molecular weight is 526 g/mol. The molecule has 190 valence electrons. The molecule has 1 aromatic heterocycles. The van der Waals surface area contributed by atoms with Crippen LogP contribution in [0.15, 0.2) is 78.0 Å². The molecular weight excluding hydrogens is 502 g/mol. The Hall–Kier alpha value is -4.57. The largest absolute Gasteiger partial charge is 0.325 e. The van der Waals surface area contributed by atoms with Crippen molar-refractivity contribution in [3.8, 4) is 11.4 Å². The van der Waals surface area contributed by atoms with Gasteiger partial charge >= 0.3 is 0 Å².